The van der Waals surface area contributed by atoms with Gasteiger partial charge in [-0.2, -0.15) is 0 Å². The highest BCUT2D eigenvalue weighted by atomic mass is 32.1. The Kier molecular flexibility index (Phi) is 16.1. The number of carbonyl (C=O) groups is 6. The lowest BCUT2D eigenvalue weighted by Crippen LogP contribution is -2.61. The SMILES string of the molecule is CC[C@H](C)[C@H](NC(=O)[C@@H](N)[C@@H](C)O)C(=O)N[C@@H](Cc1ccccc1)C(=O)N[C@@H](Cc1ccccc1)C(=O)N[C@@H](C)C(=O)NCC(=O)S. The first kappa shape index (κ1) is 38.9. The summed E-state index contributed by atoms with van der Waals surface area (Å²) >= 11 is 3.62. The summed E-state index contributed by atoms with van der Waals surface area (Å²) in [6.45, 7) is 6.07. The number of hydrogen-bond donors (Lipinski definition) is 8. The highest BCUT2D eigenvalue weighted by Gasteiger charge is 2.34. The van der Waals surface area contributed by atoms with E-state index in [4.69, 9.17) is 5.73 Å². The van der Waals surface area contributed by atoms with E-state index in [1.807, 2.05) is 6.92 Å². The molecular weight excluding hydrogens is 624 g/mol. The number of amides is 5. The van der Waals surface area contributed by atoms with Crippen LogP contribution in [0.4, 0.5) is 0 Å². The van der Waals surface area contributed by atoms with Crippen molar-refractivity contribution in [2.45, 2.75) is 83.3 Å². The van der Waals surface area contributed by atoms with Crippen LogP contribution in [0, 0.1) is 5.92 Å². The molecule has 2 rings (SSSR count). The number of carbonyl (C=O) groups excluding carboxylic acids is 6. The normalized spacial score (nSPS) is 15.4. The maximum atomic E-state index is 13.9. The van der Waals surface area contributed by atoms with E-state index < -0.39 is 71.0 Å². The van der Waals surface area contributed by atoms with Crippen LogP contribution in [0.2, 0.25) is 0 Å². The second-order valence-corrected chi connectivity index (χ2v) is 12.0. The molecule has 13 nitrogen and oxygen atoms in total. The molecule has 7 atom stereocenters. The Balaban J connectivity index is 2.36. The molecule has 0 fully saturated rings. The summed E-state index contributed by atoms with van der Waals surface area (Å²) in [6, 6.07) is 12.1. The molecule has 0 unspecified atom stereocenters. The summed E-state index contributed by atoms with van der Waals surface area (Å²) in [7, 11) is 0. The van der Waals surface area contributed by atoms with Gasteiger partial charge in [-0.05, 0) is 30.9 Å². The van der Waals surface area contributed by atoms with Crippen molar-refractivity contribution in [3.8, 4) is 0 Å². The van der Waals surface area contributed by atoms with Crippen molar-refractivity contribution in [3.05, 3.63) is 71.8 Å². The van der Waals surface area contributed by atoms with Gasteiger partial charge in [0.1, 0.15) is 30.2 Å². The molecule has 8 N–H and O–H groups in total. The third-order valence-electron chi connectivity index (χ3n) is 7.61. The zero-order valence-electron chi connectivity index (χ0n) is 27.1. The van der Waals surface area contributed by atoms with Gasteiger partial charge in [0, 0.05) is 12.8 Å². The van der Waals surface area contributed by atoms with E-state index in [2.05, 4.69) is 39.2 Å². The van der Waals surface area contributed by atoms with Gasteiger partial charge >= 0.3 is 0 Å². The number of benzene rings is 2. The molecule has 14 heteroatoms. The van der Waals surface area contributed by atoms with Gasteiger partial charge < -0.3 is 37.4 Å². The minimum absolute atomic E-state index is 0.0585. The topological polar surface area (TPSA) is 209 Å². The summed E-state index contributed by atoms with van der Waals surface area (Å²) in [6.07, 6.45) is -0.524. The highest BCUT2D eigenvalue weighted by Crippen LogP contribution is 2.12. The van der Waals surface area contributed by atoms with E-state index in [-0.39, 0.29) is 25.3 Å². The van der Waals surface area contributed by atoms with Crippen molar-refractivity contribution >= 4 is 47.3 Å². The van der Waals surface area contributed by atoms with Crippen molar-refractivity contribution < 1.29 is 33.9 Å². The van der Waals surface area contributed by atoms with Crippen LogP contribution in [-0.2, 0) is 41.6 Å². The minimum atomic E-state index is -1.27. The van der Waals surface area contributed by atoms with Crippen LogP contribution in [0.15, 0.2) is 60.7 Å². The van der Waals surface area contributed by atoms with Crippen molar-refractivity contribution in [3.63, 3.8) is 0 Å². The monoisotopic (exact) mass is 670 g/mol. The zero-order valence-corrected chi connectivity index (χ0v) is 28.0. The lowest BCUT2D eigenvalue weighted by Gasteiger charge is -2.29. The van der Waals surface area contributed by atoms with Crippen molar-refractivity contribution in [1.29, 1.82) is 0 Å². The largest absolute Gasteiger partial charge is 0.391 e. The third kappa shape index (κ3) is 13.2. The summed E-state index contributed by atoms with van der Waals surface area (Å²) < 4.78 is 0. The second-order valence-electron chi connectivity index (χ2n) is 11.5. The number of aliphatic hydroxyl groups is 1. The fourth-order valence-electron chi connectivity index (χ4n) is 4.52. The number of nitrogens with two attached hydrogens (primary N) is 1. The van der Waals surface area contributed by atoms with Gasteiger partial charge in [-0.15, -0.1) is 12.6 Å². The Morgan fingerprint density at radius 2 is 1.17 bits per heavy atom. The van der Waals surface area contributed by atoms with E-state index in [1.54, 1.807) is 67.6 Å². The van der Waals surface area contributed by atoms with Crippen molar-refractivity contribution in [2.75, 3.05) is 6.54 Å². The van der Waals surface area contributed by atoms with Crippen LogP contribution in [-0.4, -0.2) is 82.6 Å². The number of aliphatic hydroxyl groups excluding tert-OH is 1. The maximum Gasteiger partial charge on any atom is 0.243 e. The van der Waals surface area contributed by atoms with Crippen LogP contribution in [0.25, 0.3) is 0 Å². The first-order chi connectivity index (χ1) is 22.2. The summed E-state index contributed by atoms with van der Waals surface area (Å²) in [5.41, 5.74) is 7.24. The number of rotatable bonds is 18. The molecule has 0 aliphatic heterocycles. The first-order valence-corrected chi connectivity index (χ1v) is 15.9. The molecule has 0 aliphatic carbocycles. The van der Waals surface area contributed by atoms with E-state index in [9.17, 15) is 33.9 Å². The molecule has 5 amide bonds. The molecule has 0 aromatic heterocycles. The third-order valence-corrected chi connectivity index (χ3v) is 7.77. The summed E-state index contributed by atoms with van der Waals surface area (Å²) in [4.78, 5) is 77.3. The van der Waals surface area contributed by atoms with Gasteiger partial charge in [0.15, 0.2) is 0 Å². The highest BCUT2D eigenvalue weighted by molar-refractivity contribution is 7.96. The fourth-order valence-corrected chi connectivity index (χ4v) is 4.60. The Labute approximate surface area is 280 Å². The average Bonchev–Trinajstić information content (AvgIpc) is 3.05. The predicted molar refractivity (Wildman–Crippen MR) is 180 cm³/mol. The zero-order chi connectivity index (χ0) is 35.1. The minimum Gasteiger partial charge on any atom is -0.391 e. The molecule has 0 bridgehead atoms. The van der Waals surface area contributed by atoms with Gasteiger partial charge in [0.05, 0.1) is 12.6 Å². The molecule has 2 aromatic carbocycles. The van der Waals surface area contributed by atoms with E-state index in [1.165, 1.54) is 13.8 Å². The van der Waals surface area contributed by atoms with Gasteiger partial charge in [0.25, 0.3) is 0 Å². The van der Waals surface area contributed by atoms with Gasteiger partial charge in [-0.3, -0.25) is 28.8 Å². The average molecular weight is 671 g/mol. The van der Waals surface area contributed by atoms with Crippen LogP contribution in [0.5, 0.6) is 0 Å². The van der Waals surface area contributed by atoms with Crippen LogP contribution in [0.3, 0.4) is 0 Å². The second kappa shape index (κ2) is 19.4. The molecule has 0 aliphatic rings. The maximum absolute atomic E-state index is 13.9. The van der Waals surface area contributed by atoms with Crippen LogP contribution >= 0.6 is 12.6 Å². The molecule has 0 saturated heterocycles. The quantitative estimate of drug-likeness (QED) is 0.0991. The molecule has 47 heavy (non-hydrogen) atoms. The Bertz CT molecular complexity index is 1360. The molecule has 0 heterocycles. The molecule has 0 spiro atoms. The Morgan fingerprint density at radius 3 is 1.62 bits per heavy atom. The molecule has 256 valence electrons. The molecule has 2 aromatic rings. The standard InChI is InChI=1S/C33H46N6O7S/c1-5-19(2)28(39-32(45)27(34)21(4)40)33(46)38-25(17-23-14-10-7-11-15-23)31(44)37-24(16-22-12-8-6-9-13-22)30(43)36-20(3)29(42)35-18-26(41)47/h6-15,19-21,24-25,27-28,40H,5,16-18,34H2,1-4H3,(H,35,42)(H,36,43)(H,37,44)(H,38,46)(H,39,45)(H,41,47)/t19-,20-,21+,24-,25-,27-,28-/m0/s1. The lowest BCUT2D eigenvalue weighted by molar-refractivity contribution is -0.135. The van der Waals surface area contributed by atoms with Gasteiger partial charge in [-0.1, -0.05) is 80.9 Å². The fraction of sp³-hybridized carbons (Fsp3) is 0.455. The van der Waals surface area contributed by atoms with E-state index in [0.717, 1.165) is 11.1 Å². The van der Waals surface area contributed by atoms with Gasteiger partial charge in [-0.25, -0.2) is 0 Å². The molecule has 0 saturated carbocycles. The van der Waals surface area contributed by atoms with Crippen molar-refractivity contribution in [2.24, 2.45) is 11.7 Å². The van der Waals surface area contributed by atoms with E-state index in [0.29, 0.717) is 6.42 Å². The first-order valence-electron chi connectivity index (χ1n) is 15.5. The van der Waals surface area contributed by atoms with Crippen molar-refractivity contribution in [1.82, 2.24) is 26.6 Å². The Hall–Kier alpha value is -4.27. The Morgan fingerprint density at radius 1 is 0.702 bits per heavy atom. The van der Waals surface area contributed by atoms with Crippen LogP contribution < -0.4 is 32.3 Å². The summed E-state index contributed by atoms with van der Waals surface area (Å²) in [5.74, 6) is -3.68. The lowest BCUT2D eigenvalue weighted by atomic mass is 9.96. The van der Waals surface area contributed by atoms with Gasteiger partial charge in [0.2, 0.25) is 34.7 Å². The number of hydrogen-bond acceptors (Lipinski definition) is 8. The predicted octanol–water partition coefficient (Wildman–Crippen LogP) is -0.242. The number of nitrogens with one attached hydrogen (secondary N) is 5. The number of thiol groups is 1. The molecular formula is C33H46N6O7S. The summed E-state index contributed by atoms with van der Waals surface area (Å²) in [5, 5.41) is 22.2. The smallest absolute Gasteiger partial charge is 0.243 e. The van der Waals surface area contributed by atoms with Crippen LogP contribution in [0.1, 0.15) is 45.2 Å². The van der Waals surface area contributed by atoms with E-state index >= 15 is 0 Å². The molecule has 0 radical (unpaired) electrons.